The number of nitrogens with two attached hydrogens (primary N) is 1. The highest BCUT2D eigenvalue weighted by Gasteiger charge is 2.33. The standard InChI is InChI=1S/C12H23N3O2/c1-3-5-9(13)8-11(16)15-7-4-6-10(15)12(17)14-2/h9-10H,3-8,13H2,1-2H3,(H,14,17). The van der Waals surface area contributed by atoms with E-state index < -0.39 is 0 Å². The molecule has 3 N–H and O–H groups in total. The van der Waals surface area contributed by atoms with Gasteiger partial charge in [0, 0.05) is 26.1 Å². The molecule has 0 spiro atoms. The van der Waals surface area contributed by atoms with Gasteiger partial charge < -0.3 is 16.0 Å². The maximum Gasteiger partial charge on any atom is 0.242 e. The van der Waals surface area contributed by atoms with Crippen LogP contribution >= 0.6 is 0 Å². The highest BCUT2D eigenvalue weighted by atomic mass is 16.2. The van der Waals surface area contributed by atoms with E-state index in [1.54, 1.807) is 11.9 Å². The number of hydrogen-bond donors (Lipinski definition) is 2. The van der Waals surface area contributed by atoms with Crippen LogP contribution in [0.4, 0.5) is 0 Å². The summed E-state index contributed by atoms with van der Waals surface area (Å²) in [4.78, 5) is 25.3. The van der Waals surface area contributed by atoms with Gasteiger partial charge in [0.25, 0.3) is 0 Å². The second-order valence-corrected chi connectivity index (χ2v) is 4.61. The van der Waals surface area contributed by atoms with Gasteiger partial charge >= 0.3 is 0 Å². The van der Waals surface area contributed by atoms with E-state index in [4.69, 9.17) is 5.73 Å². The molecule has 1 rings (SSSR count). The van der Waals surface area contributed by atoms with Gasteiger partial charge in [-0.1, -0.05) is 13.3 Å². The lowest BCUT2D eigenvalue weighted by Crippen LogP contribution is -2.46. The minimum absolute atomic E-state index is 0.0112. The molecular weight excluding hydrogens is 218 g/mol. The molecule has 5 heteroatoms. The van der Waals surface area contributed by atoms with Gasteiger partial charge in [0.15, 0.2) is 0 Å². The van der Waals surface area contributed by atoms with Crippen LogP contribution in [0.3, 0.4) is 0 Å². The first-order chi connectivity index (χ1) is 8.10. The zero-order valence-electron chi connectivity index (χ0n) is 10.7. The molecule has 1 aliphatic rings. The summed E-state index contributed by atoms with van der Waals surface area (Å²) in [6, 6.07) is -0.375. The second-order valence-electron chi connectivity index (χ2n) is 4.61. The summed E-state index contributed by atoms with van der Waals surface area (Å²) in [5.41, 5.74) is 5.86. The first-order valence-corrected chi connectivity index (χ1v) is 6.36. The van der Waals surface area contributed by atoms with Crippen molar-refractivity contribution >= 4 is 11.8 Å². The number of carbonyl (C=O) groups excluding carboxylic acids is 2. The number of rotatable bonds is 5. The van der Waals surface area contributed by atoms with Gasteiger partial charge in [0.1, 0.15) is 6.04 Å². The molecule has 17 heavy (non-hydrogen) atoms. The highest BCUT2D eigenvalue weighted by molar-refractivity contribution is 5.88. The Kier molecular flexibility index (Phi) is 5.41. The predicted molar refractivity (Wildman–Crippen MR) is 66.3 cm³/mol. The minimum atomic E-state index is -0.290. The smallest absolute Gasteiger partial charge is 0.242 e. The third kappa shape index (κ3) is 3.70. The lowest BCUT2D eigenvalue weighted by molar-refractivity contribution is -0.138. The number of nitrogens with zero attached hydrogens (tertiary/aromatic N) is 1. The van der Waals surface area contributed by atoms with Crippen molar-refractivity contribution in [3.8, 4) is 0 Å². The quantitative estimate of drug-likeness (QED) is 0.724. The van der Waals surface area contributed by atoms with Crippen LogP contribution < -0.4 is 11.1 Å². The molecular formula is C12H23N3O2. The molecule has 0 aromatic rings. The second kappa shape index (κ2) is 6.59. The molecule has 0 bridgehead atoms. The van der Waals surface area contributed by atoms with Crippen LogP contribution in [-0.2, 0) is 9.59 Å². The van der Waals surface area contributed by atoms with Crippen LogP contribution in [0.5, 0.6) is 0 Å². The number of nitrogens with one attached hydrogen (secondary N) is 1. The Morgan fingerprint density at radius 1 is 1.53 bits per heavy atom. The van der Waals surface area contributed by atoms with Crippen LogP contribution in [-0.4, -0.2) is 42.4 Å². The van der Waals surface area contributed by atoms with Crippen LogP contribution in [0, 0.1) is 0 Å². The fourth-order valence-electron chi connectivity index (χ4n) is 2.32. The summed E-state index contributed by atoms with van der Waals surface area (Å²) in [7, 11) is 1.60. The summed E-state index contributed by atoms with van der Waals surface area (Å²) in [5, 5.41) is 2.61. The number of carbonyl (C=O) groups is 2. The van der Waals surface area contributed by atoms with Crippen molar-refractivity contribution in [2.45, 2.75) is 51.1 Å². The number of amides is 2. The molecule has 2 unspecified atom stereocenters. The third-order valence-corrected chi connectivity index (χ3v) is 3.22. The average molecular weight is 241 g/mol. The van der Waals surface area contributed by atoms with Crippen molar-refractivity contribution in [3.05, 3.63) is 0 Å². The SMILES string of the molecule is CCCC(N)CC(=O)N1CCCC1C(=O)NC. The van der Waals surface area contributed by atoms with Gasteiger partial charge in [0.2, 0.25) is 11.8 Å². The summed E-state index contributed by atoms with van der Waals surface area (Å²) in [5.74, 6) is -0.0584. The molecule has 1 saturated heterocycles. The molecule has 0 aromatic heterocycles. The highest BCUT2D eigenvalue weighted by Crippen LogP contribution is 2.19. The van der Waals surface area contributed by atoms with Crippen molar-refractivity contribution in [3.63, 3.8) is 0 Å². The number of hydrogen-bond acceptors (Lipinski definition) is 3. The van der Waals surface area contributed by atoms with E-state index >= 15 is 0 Å². The van der Waals surface area contributed by atoms with E-state index in [1.165, 1.54) is 0 Å². The van der Waals surface area contributed by atoms with E-state index in [0.29, 0.717) is 13.0 Å². The van der Waals surface area contributed by atoms with Crippen LogP contribution in [0.25, 0.3) is 0 Å². The topological polar surface area (TPSA) is 75.4 Å². The number of likely N-dealkylation sites (N-methyl/N-ethyl adjacent to an activating group) is 1. The van der Waals surface area contributed by atoms with Crippen molar-refractivity contribution in [1.29, 1.82) is 0 Å². The molecule has 98 valence electrons. The molecule has 1 aliphatic heterocycles. The molecule has 0 radical (unpaired) electrons. The summed E-state index contributed by atoms with van der Waals surface area (Å²) in [6.07, 6.45) is 3.83. The lowest BCUT2D eigenvalue weighted by atomic mass is 10.1. The van der Waals surface area contributed by atoms with E-state index in [2.05, 4.69) is 5.32 Å². The Morgan fingerprint density at radius 2 is 2.24 bits per heavy atom. The summed E-state index contributed by atoms with van der Waals surface area (Å²) < 4.78 is 0. The molecule has 0 aliphatic carbocycles. The van der Waals surface area contributed by atoms with Gasteiger partial charge in [0.05, 0.1) is 0 Å². The van der Waals surface area contributed by atoms with Gasteiger partial charge in [-0.25, -0.2) is 0 Å². The molecule has 1 heterocycles. The lowest BCUT2D eigenvalue weighted by Gasteiger charge is -2.24. The van der Waals surface area contributed by atoms with Crippen molar-refractivity contribution in [1.82, 2.24) is 10.2 Å². The van der Waals surface area contributed by atoms with Crippen LogP contribution in [0.1, 0.15) is 39.0 Å². The Hall–Kier alpha value is -1.10. The largest absolute Gasteiger partial charge is 0.357 e. The van der Waals surface area contributed by atoms with Crippen molar-refractivity contribution in [2.24, 2.45) is 5.73 Å². The van der Waals surface area contributed by atoms with Gasteiger partial charge in [-0.05, 0) is 19.3 Å². The summed E-state index contributed by atoms with van der Waals surface area (Å²) in [6.45, 7) is 2.73. The first kappa shape index (κ1) is 14.0. The summed E-state index contributed by atoms with van der Waals surface area (Å²) >= 11 is 0. The zero-order chi connectivity index (χ0) is 12.8. The van der Waals surface area contributed by atoms with Gasteiger partial charge in [-0.3, -0.25) is 9.59 Å². The fraction of sp³-hybridized carbons (Fsp3) is 0.833. The molecule has 2 amide bonds. The molecule has 0 saturated carbocycles. The van der Waals surface area contributed by atoms with E-state index in [-0.39, 0.29) is 23.9 Å². The number of likely N-dealkylation sites (tertiary alicyclic amines) is 1. The van der Waals surface area contributed by atoms with Crippen molar-refractivity contribution in [2.75, 3.05) is 13.6 Å². The maximum atomic E-state index is 12.0. The third-order valence-electron chi connectivity index (χ3n) is 3.22. The minimum Gasteiger partial charge on any atom is -0.357 e. The van der Waals surface area contributed by atoms with Gasteiger partial charge in [-0.15, -0.1) is 0 Å². The average Bonchev–Trinajstić information content (AvgIpc) is 2.77. The Bertz CT molecular complexity index is 281. The normalized spacial score (nSPS) is 21.4. The Labute approximate surface area is 103 Å². The van der Waals surface area contributed by atoms with Crippen LogP contribution in [0.15, 0.2) is 0 Å². The Morgan fingerprint density at radius 3 is 2.82 bits per heavy atom. The maximum absolute atomic E-state index is 12.0. The molecule has 2 atom stereocenters. The Balaban J connectivity index is 2.53. The van der Waals surface area contributed by atoms with Crippen LogP contribution in [0.2, 0.25) is 0 Å². The predicted octanol–water partition coefficient (Wildman–Crippen LogP) is 0.241. The van der Waals surface area contributed by atoms with E-state index in [9.17, 15) is 9.59 Å². The van der Waals surface area contributed by atoms with Crippen molar-refractivity contribution < 1.29 is 9.59 Å². The molecule has 5 nitrogen and oxygen atoms in total. The molecule has 1 fully saturated rings. The van der Waals surface area contributed by atoms with E-state index in [1.807, 2.05) is 6.92 Å². The monoisotopic (exact) mass is 241 g/mol. The first-order valence-electron chi connectivity index (χ1n) is 6.36. The zero-order valence-corrected chi connectivity index (χ0v) is 10.7. The fourth-order valence-corrected chi connectivity index (χ4v) is 2.32. The molecule has 0 aromatic carbocycles. The van der Waals surface area contributed by atoms with Gasteiger partial charge in [-0.2, -0.15) is 0 Å². The van der Waals surface area contributed by atoms with E-state index in [0.717, 1.165) is 25.7 Å².